The van der Waals surface area contributed by atoms with Crippen LogP contribution in [0.5, 0.6) is 5.75 Å². The van der Waals surface area contributed by atoms with Gasteiger partial charge in [0, 0.05) is 37.8 Å². The summed E-state index contributed by atoms with van der Waals surface area (Å²) in [4.78, 5) is 64.8. The van der Waals surface area contributed by atoms with E-state index in [9.17, 15) is 24.0 Å². The average molecular weight is 613 g/mol. The van der Waals surface area contributed by atoms with E-state index >= 15 is 0 Å². The van der Waals surface area contributed by atoms with E-state index in [4.69, 9.17) is 9.47 Å². The predicted molar refractivity (Wildman–Crippen MR) is 166 cm³/mol. The molecule has 1 aliphatic carbocycles. The maximum absolute atomic E-state index is 13.7. The second-order valence-electron chi connectivity index (χ2n) is 12.3. The zero-order valence-electron chi connectivity index (χ0n) is 26.8. The van der Waals surface area contributed by atoms with E-state index in [1.54, 1.807) is 25.1 Å². The normalized spacial score (nSPS) is 15.0. The summed E-state index contributed by atoms with van der Waals surface area (Å²) < 4.78 is 11.4. The first-order chi connectivity index (χ1) is 21.0. The van der Waals surface area contributed by atoms with Crippen molar-refractivity contribution in [1.29, 1.82) is 0 Å². The van der Waals surface area contributed by atoms with Crippen molar-refractivity contribution in [3.8, 4) is 5.75 Å². The van der Waals surface area contributed by atoms with Crippen LogP contribution in [-0.2, 0) is 19.1 Å². The number of hydrazine groups is 1. The molecule has 0 aromatic heterocycles. The summed E-state index contributed by atoms with van der Waals surface area (Å²) >= 11 is 0. The number of fused-ring (bicyclic) bond motifs is 1. The van der Waals surface area contributed by atoms with Crippen LogP contribution in [0.2, 0.25) is 0 Å². The number of carbonyl (C=O) groups excluding carboxylic acids is 5. The Morgan fingerprint density at radius 3 is 2.45 bits per heavy atom. The van der Waals surface area contributed by atoms with E-state index in [1.165, 1.54) is 10.5 Å². The molecule has 2 aliphatic rings. The molecule has 1 unspecified atom stereocenters. The molecule has 0 radical (unpaired) electrons. The Balaban J connectivity index is 1.54. The molecule has 44 heavy (non-hydrogen) atoms. The van der Waals surface area contributed by atoms with Crippen LogP contribution < -0.4 is 20.9 Å². The van der Waals surface area contributed by atoms with Gasteiger partial charge in [0.1, 0.15) is 11.5 Å². The van der Waals surface area contributed by atoms with Gasteiger partial charge in [0.05, 0.1) is 30.4 Å². The molecule has 1 aliphatic heterocycles. The van der Waals surface area contributed by atoms with Crippen molar-refractivity contribution in [3.05, 3.63) is 40.5 Å². The van der Waals surface area contributed by atoms with E-state index < -0.39 is 23.8 Å². The zero-order valence-corrected chi connectivity index (χ0v) is 26.8. The fourth-order valence-electron chi connectivity index (χ4n) is 5.23. The average Bonchev–Trinajstić information content (AvgIpc) is 3.21. The van der Waals surface area contributed by atoms with E-state index in [0.717, 1.165) is 31.3 Å². The van der Waals surface area contributed by atoms with Gasteiger partial charge in [-0.2, -0.15) is 0 Å². The molecule has 1 atom stereocenters. The molecule has 11 nitrogen and oxygen atoms in total. The Kier molecular flexibility index (Phi) is 13.1. The minimum atomic E-state index is -0.498. The van der Waals surface area contributed by atoms with Crippen molar-refractivity contribution in [2.24, 2.45) is 5.41 Å². The summed E-state index contributed by atoms with van der Waals surface area (Å²) in [5.41, 5.74) is 7.69. The lowest BCUT2D eigenvalue weighted by Crippen LogP contribution is -2.42. The van der Waals surface area contributed by atoms with Crippen LogP contribution in [0.25, 0.3) is 0 Å². The van der Waals surface area contributed by atoms with Gasteiger partial charge in [-0.3, -0.25) is 34.3 Å². The Hall–Kier alpha value is -3.57. The molecular weight excluding hydrogens is 564 g/mol. The Morgan fingerprint density at radius 2 is 1.80 bits per heavy atom. The van der Waals surface area contributed by atoms with E-state index in [1.807, 2.05) is 27.7 Å². The van der Waals surface area contributed by atoms with E-state index in [-0.39, 0.29) is 40.6 Å². The lowest BCUT2D eigenvalue weighted by atomic mass is 9.84. The summed E-state index contributed by atoms with van der Waals surface area (Å²) in [6.07, 6.45) is 5.32. The minimum absolute atomic E-state index is 0.00485. The van der Waals surface area contributed by atoms with Gasteiger partial charge in [0.25, 0.3) is 17.7 Å². The van der Waals surface area contributed by atoms with E-state index in [0.29, 0.717) is 52.0 Å². The number of ether oxygens (including phenoxy) is 2. The van der Waals surface area contributed by atoms with Gasteiger partial charge in [-0.25, -0.2) is 5.43 Å². The molecule has 3 rings (SSSR count). The van der Waals surface area contributed by atoms with Crippen LogP contribution in [0.15, 0.2) is 29.3 Å². The lowest BCUT2D eigenvalue weighted by molar-refractivity contribution is -0.124. The van der Waals surface area contributed by atoms with Crippen molar-refractivity contribution < 1.29 is 33.4 Å². The third-order valence-corrected chi connectivity index (χ3v) is 8.00. The van der Waals surface area contributed by atoms with Gasteiger partial charge >= 0.3 is 0 Å². The molecule has 1 heterocycles. The first kappa shape index (κ1) is 34.9. The van der Waals surface area contributed by atoms with Crippen LogP contribution in [-0.4, -0.2) is 73.3 Å². The second-order valence-corrected chi connectivity index (χ2v) is 12.3. The Morgan fingerprint density at radius 1 is 1.05 bits per heavy atom. The first-order valence-electron chi connectivity index (χ1n) is 15.7. The number of hydrogen-bond donors (Lipinski definition) is 3. The number of hydrogen-bond acceptors (Lipinski definition) is 8. The quantitative estimate of drug-likeness (QED) is 0.0925. The van der Waals surface area contributed by atoms with Crippen LogP contribution >= 0.6 is 0 Å². The molecule has 3 N–H and O–H groups in total. The maximum atomic E-state index is 13.7. The van der Waals surface area contributed by atoms with Gasteiger partial charge in [-0.05, 0) is 51.2 Å². The molecule has 4 amide bonds. The number of allylic oxidation sites excluding steroid dienone is 1. The van der Waals surface area contributed by atoms with Gasteiger partial charge in [-0.15, -0.1) is 0 Å². The summed E-state index contributed by atoms with van der Waals surface area (Å²) in [6.45, 7) is 11.0. The van der Waals surface area contributed by atoms with Crippen LogP contribution in [0, 0.1) is 5.41 Å². The summed E-state index contributed by atoms with van der Waals surface area (Å²) in [6, 6.07) is 4.29. The SMILES string of the molecule is CCCC(=O)CCC(C(C)=C1CCC1)N1C(=O)c2cccc(OCC(=O)NNCCOCC(C)(C)CNC(=O)CC)c2C1=O. The molecule has 0 saturated heterocycles. The van der Waals surface area contributed by atoms with Crippen LogP contribution in [0.3, 0.4) is 0 Å². The van der Waals surface area contributed by atoms with Crippen LogP contribution in [0.4, 0.5) is 0 Å². The summed E-state index contributed by atoms with van der Waals surface area (Å²) in [5.74, 6) is -1.07. The fraction of sp³-hybridized carbons (Fsp3) is 0.606. The highest BCUT2D eigenvalue weighted by Crippen LogP contribution is 2.38. The number of rotatable bonds is 19. The highest BCUT2D eigenvalue weighted by Gasteiger charge is 2.43. The van der Waals surface area contributed by atoms with Crippen molar-refractivity contribution in [3.63, 3.8) is 0 Å². The number of nitrogens with zero attached hydrogens (tertiary/aromatic N) is 1. The van der Waals surface area contributed by atoms with Crippen molar-refractivity contribution >= 4 is 29.4 Å². The zero-order chi connectivity index (χ0) is 32.3. The van der Waals surface area contributed by atoms with Gasteiger partial charge in [0.2, 0.25) is 5.91 Å². The maximum Gasteiger partial charge on any atom is 0.271 e. The van der Waals surface area contributed by atoms with Gasteiger partial charge in [0.15, 0.2) is 6.61 Å². The third kappa shape index (κ3) is 9.46. The molecule has 242 valence electrons. The van der Waals surface area contributed by atoms with Gasteiger partial charge < -0.3 is 14.8 Å². The third-order valence-electron chi connectivity index (χ3n) is 8.00. The monoisotopic (exact) mass is 612 g/mol. The molecule has 1 aromatic carbocycles. The number of nitrogens with one attached hydrogen (secondary N) is 3. The molecule has 0 spiro atoms. The number of ketones is 1. The predicted octanol–water partition coefficient (Wildman–Crippen LogP) is 3.87. The van der Waals surface area contributed by atoms with Gasteiger partial charge in [-0.1, -0.05) is 44.9 Å². The number of Topliss-reactive ketones (excluding diaryl/α,β-unsaturated/α-hetero) is 1. The molecule has 0 bridgehead atoms. The number of carbonyl (C=O) groups is 5. The summed E-state index contributed by atoms with van der Waals surface area (Å²) in [7, 11) is 0. The fourth-order valence-corrected chi connectivity index (χ4v) is 5.23. The van der Waals surface area contributed by atoms with Crippen molar-refractivity contribution in [1.82, 2.24) is 21.1 Å². The number of benzene rings is 1. The highest BCUT2D eigenvalue weighted by atomic mass is 16.5. The number of imide groups is 1. The van der Waals surface area contributed by atoms with Crippen LogP contribution in [0.1, 0.15) is 107 Å². The minimum Gasteiger partial charge on any atom is -0.483 e. The molecule has 1 fully saturated rings. The second kappa shape index (κ2) is 16.5. The van der Waals surface area contributed by atoms with E-state index in [2.05, 4.69) is 16.2 Å². The lowest BCUT2D eigenvalue weighted by Gasteiger charge is -2.31. The molecule has 11 heteroatoms. The Labute approximate surface area is 260 Å². The molecule has 1 saturated carbocycles. The van der Waals surface area contributed by atoms with Crippen molar-refractivity contribution in [2.45, 2.75) is 92.0 Å². The Bertz CT molecular complexity index is 1250. The molecule has 1 aromatic rings. The summed E-state index contributed by atoms with van der Waals surface area (Å²) in [5, 5.41) is 2.86. The topological polar surface area (TPSA) is 143 Å². The largest absolute Gasteiger partial charge is 0.483 e. The number of amides is 4. The molecular formula is C33H48N4O7. The standard InChI is InChI=1S/C33H48N4O7/c1-6-10-24(38)15-16-26(22(3)23-11-8-12-23)37-31(41)25-13-9-14-27(30(25)32(37)42)44-19-29(40)36-35-17-18-43-21-33(4,5)20-34-28(39)7-2/h9,13-14,26,35H,6-8,10-12,15-21H2,1-5H3,(H,34,39)(H,36,40). The van der Waals surface area contributed by atoms with Crippen molar-refractivity contribution in [2.75, 3.05) is 32.9 Å². The highest BCUT2D eigenvalue weighted by molar-refractivity contribution is 6.23. The smallest absolute Gasteiger partial charge is 0.271 e. The first-order valence-corrected chi connectivity index (χ1v) is 15.7.